The van der Waals surface area contributed by atoms with Gasteiger partial charge in [0, 0.05) is 13.1 Å². The first kappa shape index (κ1) is 18.7. The lowest BCUT2D eigenvalue weighted by molar-refractivity contribution is -0.132. The molecule has 150 valence electrons. The van der Waals surface area contributed by atoms with Crippen molar-refractivity contribution in [1.29, 1.82) is 0 Å². The number of furan rings is 2. The second-order valence-corrected chi connectivity index (χ2v) is 10.6. The van der Waals surface area contributed by atoms with E-state index in [4.69, 9.17) is 8.83 Å². The summed E-state index contributed by atoms with van der Waals surface area (Å²) in [4.78, 5) is 26.7. The monoisotopic (exact) mass is 428 g/mol. The van der Waals surface area contributed by atoms with E-state index in [2.05, 4.69) is 0 Å². The zero-order chi connectivity index (χ0) is 20.1. The Kier molecular flexibility index (Phi) is 4.34. The van der Waals surface area contributed by atoms with Crippen LogP contribution in [0, 0.1) is 0 Å². The molecule has 2 amide bonds. The first-order valence-corrected chi connectivity index (χ1v) is 11.7. The summed E-state index contributed by atoms with van der Waals surface area (Å²) in [5.74, 6) is -2.43. The van der Waals surface area contributed by atoms with Gasteiger partial charge >= 0.3 is 0 Å². The van der Waals surface area contributed by atoms with Crippen molar-refractivity contribution in [3.05, 3.63) is 48.3 Å². The summed E-state index contributed by atoms with van der Waals surface area (Å²) in [6.07, 6.45) is 2.60. The van der Waals surface area contributed by atoms with Crippen molar-refractivity contribution in [1.82, 2.24) is 9.80 Å². The number of sulfone groups is 2. The lowest BCUT2D eigenvalue weighted by Crippen LogP contribution is -2.39. The van der Waals surface area contributed by atoms with Crippen LogP contribution in [0.15, 0.2) is 45.6 Å². The molecule has 2 aromatic heterocycles. The van der Waals surface area contributed by atoms with Gasteiger partial charge in [-0.15, -0.1) is 0 Å². The van der Waals surface area contributed by atoms with Gasteiger partial charge in [-0.2, -0.15) is 0 Å². The molecule has 0 saturated carbocycles. The van der Waals surface area contributed by atoms with Crippen LogP contribution in [-0.2, 0) is 29.3 Å². The van der Waals surface area contributed by atoms with Gasteiger partial charge < -0.3 is 18.6 Å². The summed E-state index contributed by atoms with van der Waals surface area (Å²) in [5, 5.41) is -2.60. The molecule has 0 aromatic carbocycles. The third-order valence-corrected chi connectivity index (χ3v) is 8.32. The van der Waals surface area contributed by atoms with Crippen molar-refractivity contribution in [2.75, 3.05) is 24.6 Å². The minimum Gasteiger partial charge on any atom is -0.466 e. The Morgan fingerprint density at radius 3 is 1.50 bits per heavy atom. The quantitative estimate of drug-likeness (QED) is 0.653. The van der Waals surface area contributed by atoms with Gasteiger partial charge in [-0.3, -0.25) is 9.59 Å². The Balaban J connectivity index is 1.60. The highest BCUT2D eigenvalue weighted by Gasteiger charge is 2.49. The molecule has 2 aromatic rings. The number of amides is 2. The van der Waals surface area contributed by atoms with Crippen molar-refractivity contribution in [2.24, 2.45) is 0 Å². The van der Waals surface area contributed by atoms with Crippen LogP contribution in [0.2, 0.25) is 0 Å². The topological polar surface area (TPSA) is 135 Å². The fourth-order valence-electron chi connectivity index (χ4n) is 3.54. The van der Waals surface area contributed by atoms with Gasteiger partial charge in [0.15, 0.2) is 30.4 Å². The van der Waals surface area contributed by atoms with E-state index >= 15 is 0 Å². The van der Waals surface area contributed by atoms with Gasteiger partial charge in [-0.05, 0) is 24.3 Å². The Labute approximate surface area is 160 Å². The molecule has 0 spiro atoms. The van der Waals surface area contributed by atoms with Gasteiger partial charge in [0.05, 0.1) is 12.5 Å². The zero-order valence-electron chi connectivity index (χ0n) is 14.4. The third kappa shape index (κ3) is 3.02. The van der Waals surface area contributed by atoms with Crippen LogP contribution >= 0.6 is 0 Å². The van der Waals surface area contributed by atoms with Gasteiger partial charge in [-0.1, -0.05) is 0 Å². The summed E-state index contributed by atoms with van der Waals surface area (Å²) in [6.45, 7) is -0.330. The van der Waals surface area contributed by atoms with Crippen molar-refractivity contribution < 1.29 is 35.3 Å². The second kappa shape index (κ2) is 6.48. The van der Waals surface area contributed by atoms with Crippen LogP contribution < -0.4 is 0 Å². The molecule has 10 nitrogen and oxygen atoms in total. The van der Waals surface area contributed by atoms with Crippen LogP contribution in [0.1, 0.15) is 22.3 Å². The molecule has 12 heteroatoms. The maximum atomic E-state index is 12.4. The Morgan fingerprint density at radius 1 is 0.786 bits per heavy atom. The summed E-state index contributed by atoms with van der Waals surface area (Å²) in [6, 6.07) is 5.92. The summed E-state index contributed by atoms with van der Waals surface area (Å²) < 4.78 is 59.9. The van der Waals surface area contributed by atoms with E-state index in [-0.39, 0.29) is 24.6 Å². The average molecular weight is 428 g/mol. The summed E-state index contributed by atoms with van der Waals surface area (Å²) in [5.41, 5.74) is 0. The number of carbonyl (C=O) groups excluding carboxylic acids is 2. The molecule has 0 unspecified atom stereocenters. The minimum atomic E-state index is -3.80. The fraction of sp³-hybridized carbons (Fsp3) is 0.375. The third-order valence-electron chi connectivity index (χ3n) is 4.69. The number of hydrogen-bond donors (Lipinski definition) is 0. The molecule has 0 radical (unpaired) electrons. The molecule has 28 heavy (non-hydrogen) atoms. The standard InChI is InChI=1S/C16H16N2O8S2/c19-13-9-27(21,22)15(11-3-1-7-25-11)17(13)5-6-18-14(20)10-28(23,24)16(18)12-4-2-8-26-12/h1-4,7-8,15-16H,5-6,9-10H2/t15-,16-/m0/s1. The predicted molar refractivity (Wildman–Crippen MR) is 93.9 cm³/mol. The normalized spacial score (nSPS) is 26.3. The Bertz CT molecular complexity index is 1010. The van der Waals surface area contributed by atoms with Crippen molar-refractivity contribution in [2.45, 2.75) is 10.7 Å². The smallest absolute Gasteiger partial charge is 0.239 e. The van der Waals surface area contributed by atoms with Crippen molar-refractivity contribution in [3.63, 3.8) is 0 Å². The molecular weight excluding hydrogens is 412 g/mol. The molecule has 0 aliphatic carbocycles. The summed E-state index contributed by atoms with van der Waals surface area (Å²) in [7, 11) is -7.61. The van der Waals surface area contributed by atoms with Crippen LogP contribution in [0.25, 0.3) is 0 Å². The van der Waals surface area contributed by atoms with E-state index in [0.29, 0.717) is 0 Å². The van der Waals surface area contributed by atoms with E-state index in [9.17, 15) is 26.4 Å². The van der Waals surface area contributed by atoms with Gasteiger partial charge in [-0.25, -0.2) is 16.8 Å². The van der Waals surface area contributed by atoms with E-state index in [1.807, 2.05) is 0 Å². The number of carbonyl (C=O) groups is 2. The van der Waals surface area contributed by atoms with Crippen molar-refractivity contribution >= 4 is 31.5 Å². The largest absolute Gasteiger partial charge is 0.466 e. The van der Waals surface area contributed by atoms with Crippen LogP contribution in [0.3, 0.4) is 0 Å². The molecule has 4 heterocycles. The van der Waals surface area contributed by atoms with E-state index < -0.39 is 53.7 Å². The average Bonchev–Trinajstić information content (AvgIpc) is 3.33. The highest BCUT2D eigenvalue weighted by molar-refractivity contribution is 7.93. The van der Waals surface area contributed by atoms with Crippen LogP contribution in [0.4, 0.5) is 0 Å². The second-order valence-electron chi connectivity index (χ2n) is 6.52. The molecular formula is C16H16N2O8S2. The lowest BCUT2D eigenvalue weighted by Gasteiger charge is -2.27. The zero-order valence-corrected chi connectivity index (χ0v) is 16.1. The fourth-order valence-corrected chi connectivity index (χ4v) is 7.07. The first-order valence-electron chi connectivity index (χ1n) is 8.29. The minimum absolute atomic E-state index is 0.0915. The Hall–Kier alpha value is -2.60. The maximum absolute atomic E-state index is 12.4. The van der Waals surface area contributed by atoms with Gasteiger partial charge in [0.25, 0.3) is 0 Å². The first-order chi connectivity index (χ1) is 13.2. The SMILES string of the molecule is O=C1CS(=O)(=O)[C@@H](c2ccco2)N1CCN1C(=O)CS(=O)(=O)[C@H]1c1ccco1. The predicted octanol–water partition coefficient (Wildman–Crippen LogP) is 0.0840. The van der Waals surface area contributed by atoms with E-state index in [0.717, 1.165) is 9.80 Å². The van der Waals surface area contributed by atoms with Gasteiger partial charge in [0.2, 0.25) is 11.8 Å². The van der Waals surface area contributed by atoms with Crippen molar-refractivity contribution in [3.8, 4) is 0 Å². The van der Waals surface area contributed by atoms with Crippen LogP contribution in [0.5, 0.6) is 0 Å². The molecule has 0 bridgehead atoms. The molecule has 2 fully saturated rings. The highest BCUT2D eigenvalue weighted by Crippen LogP contribution is 2.36. The van der Waals surface area contributed by atoms with Crippen LogP contribution in [-0.4, -0.2) is 63.0 Å². The van der Waals surface area contributed by atoms with E-state index in [1.165, 1.54) is 36.8 Å². The molecule has 0 N–H and O–H groups in total. The molecule has 2 aliphatic rings. The molecule has 2 atom stereocenters. The highest BCUT2D eigenvalue weighted by atomic mass is 32.2. The summed E-state index contributed by atoms with van der Waals surface area (Å²) >= 11 is 0. The molecule has 4 rings (SSSR count). The molecule has 2 saturated heterocycles. The number of rotatable bonds is 5. The number of nitrogens with zero attached hydrogens (tertiary/aromatic N) is 2. The Morgan fingerprint density at radius 2 is 1.18 bits per heavy atom. The maximum Gasteiger partial charge on any atom is 0.239 e. The van der Waals surface area contributed by atoms with Gasteiger partial charge in [0.1, 0.15) is 23.0 Å². The lowest BCUT2D eigenvalue weighted by atomic mass is 10.3. The van der Waals surface area contributed by atoms with E-state index in [1.54, 1.807) is 0 Å². The number of hydrogen-bond acceptors (Lipinski definition) is 8. The molecule has 2 aliphatic heterocycles.